The molecule has 1 aliphatic heterocycles. The van der Waals surface area contributed by atoms with Crippen molar-refractivity contribution >= 4 is 5.91 Å². The van der Waals surface area contributed by atoms with Crippen molar-refractivity contribution in [1.82, 2.24) is 15.1 Å². The fraction of sp³-hybridized carbons (Fsp3) is 0.375. The van der Waals surface area contributed by atoms with Gasteiger partial charge in [-0.3, -0.25) is 9.89 Å². The van der Waals surface area contributed by atoms with E-state index in [-0.39, 0.29) is 17.6 Å². The van der Waals surface area contributed by atoms with Crippen LogP contribution in [-0.4, -0.2) is 45.3 Å². The van der Waals surface area contributed by atoms with E-state index >= 15 is 0 Å². The van der Waals surface area contributed by atoms with Gasteiger partial charge in [-0.25, -0.2) is 4.39 Å². The Hall–Kier alpha value is -2.21. The fourth-order valence-electron chi connectivity index (χ4n) is 2.84. The topological polar surface area (TPSA) is 69.2 Å². The number of aliphatic hydroxyl groups is 1. The lowest BCUT2D eigenvalue weighted by Gasteiger charge is -2.16. The van der Waals surface area contributed by atoms with Crippen LogP contribution in [0.1, 0.15) is 21.7 Å². The summed E-state index contributed by atoms with van der Waals surface area (Å²) in [4.78, 5) is 14.0. The van der Waals surface area contributed by atoms with Gasteiger partial charge in [0, 0.05) is 30.3 Å². The molecule has 116 valence electrons. The number of carbonyl (C=O) groups excluding carboxylic acids is 1. The number of hydrogen-bond acceptors (Lipinski definition) is 3. The van der Waals surface area contributed by atoms with Crippen molar-refractivity contribution in [3.8, 4) is 0 Å². The lowest BCUT2D eigenvalue weighted by molar-refractivity contribution is 0.0764. The third-order valence-corrected chi connectivity index (χ3v) is 4.02. The van der Waals surface area contributed by atoms with Crippen molar-refractivity contribution in [2.75, 3.05) is 13.1 Å². The summed E-state index contributed by atoms with van der Waals surface area (Å²) >= 11 is 0. The predicted octanol–water partition coefficient (Wildman–Crippen LogP) is 1.53. The van der Waals surface area contributed by atoms with E-state index in [1.54, 1.807) is 4.90 Å². The quantitative estimate of drug-likeness (QED) is 0.903. The van der Waals surface area contributed by atoms with Gasteiger partial charge in [-0.15, -0.1) is 0 Å². The minimum atomic E-state index is -0.568. The van der Waals surface area contributed by atoms with Crippen LogP contribution >= 0.6 is 0 Å². The van der Waals surface area contributed by atoms with Gasteiger partial charge < -0.3 is 10.0 Å². The zero-order valence-electron chi connectivity index (χ0n) is 12.3. The number of likely N-dealkylation sites (tertiary alicyclic amines) is 1. The molecule has 0 radical (unpaired) electrons. The molecule has 1 saturated heterocycles. The lowest BCUT2D eigenvalue weighted by atomic mass is 10.0. The van der Waals surface area contributed by atoms with E-state index in [2.05, 4.69) is 10.2 Å². The average Bonchev–Trinajstić information content (AvgIpc) is 3.06. The van der Waals surface area contributed by atoms with Crippen LogP contribution in [-0.2, 0) is 6.42 Å². The Labute approximate surface area is 127 Å². The molecule has 0 spiro atoms. The van der Waals surface area contributed by atoms with Gasteiger partial charge >= 0.3 is 0 Å². The Balaban J connectivity index is 1.67. The molecule has 1 aromatic carbocycles. The normalized spacial score (nSPS) is 21.3. The molecular formula is C16H18FN3O2. The molecule has 1 fully saturated rings. The third-order valence-electron chi connectivity index (χ3n) is 4.02. The van der Waals surface area contributed by atoms with Gasteiger partial charge in [-0.1, -0.05) is 0 Å². The number of amides is 1. The van der Waals surface area contributed by atoms with Gasteiger partial charge in [0.15, 0.2) is 0 Å². The number of carbonyl (C=O) groups is 1. The molecular weight excluding hydrogens is 285 g/mol. The Kier molecular flexibility index (Phi) is 3.94. The second kappa shape index (κ2) is 5.88. The minimum absolute atomic E-state index is 0.0351. The van der Waals surface area contributed by atoms with E-state index < -0.39 is 6.10 Å². The van der Waals surface area contributed by atoms with Crippen molar-refractivity contribution in [3.05, 3.63) is 53.1 Å². The number of aryl methyl sites for hydroxylation is 1. The number of H-pyrrole nitrogens is 1. The maximum Gasteiger partial charge on any atom is 0.253 e. The number of hydrogen-bond donors (Lipinski definition) is 2. The SMILES string of the molecule is Cc1cc(CC2CN(C(=O)c3ccc(F)cc3)CC2O)n[nH]1. The van der Waals surface area contributed by atoms with E-state index in [9.17, 15) is 14.3 Å². The zero-order chi connectivity index (χ0) is 15.7. The van der Waals surface area contributed by atoms with Crippen LogP contribution in [0.15, 0.2) is 30.3 Å². The molecule has 2 atom stereocenters. The molecule has 2 aromatic rings. The highest BCUT2D eigenvalue weighted by Crippen LogP contribution is 2.23. The number of halogens is 1. The van der Waals surface area contributed by atoms with E-state index in [1.807, 2.05) is 13.0 Å². The number of nitrogens with one attached hydrogen (secondary N) is 1. The number of aromatic amines is 1. The summed E-state index contributed by atoms with van der Waals surface area (Å²) in [6.45, 7) is 2.69. The van der Waals surface area contributed by atoms with Crippen molar-refractivity contribution in [2.24, 2.45) is 5.92 Å². The van der Waals surface area contributed by atoms with Crippen LogP contribution in [0.2, 0.25) is 0 Å². The van der Waals surface area contributed by atoms with Crippen LogP contribution in [0, 0.1) is 18.7 Å². The summed E-state index contributed by atoms with van der Waals surface area (Å²) in [5.41, 5.74) is 2.30. The molecule has 1 amide bonds. The van der Waals surface area contributed by atoms with Gasteiger partial charge in [0.05, 0.1) is 11.8 Å². The van der Waals surface area contributed by atoms with Crippen LogP contribution < -0.4 is 0 Å². The number of aromatic nitrogens is 2. The van der Waals surface area contributed by atoms with Crippen LogP contribution in [0.4, 0.5) is 4.39 Å². The zero-order valence-corrected chi connectivity index (χ0v) is 12.3. The van der Waals surface area contributed by atoms with Crippen molar-refractivity contribution in [2.45, 2.75) is 19.4 Å². The largest absolute Gasteiger partial charge is 0.391 e. The molecule has 6 heteroatoms. The molecule has 2 heterocycles. The van der Waals surface area contributed by atoms with Crippen LogP contribution in [0.25, 0.3) is 0 Å². The highest BCUT2D eigenvalue weighted by molar-refractivity contribution is 5.94. The summed E-state index contributed by atoms with van der Waals surface area (Å²) in [5, 5.41) is 17.2. The van der Waals surface area contributed by atoms with Crippen LogP contribution in [0.3, 0.4) is 0 Å². The highest BCUT2D eigenvalue weighted by atomic mass is 19.1. The molecule has 0 aliphatic carbocycles. The van der Waals surface area contributed by atoms with Crippen molar-refractivity contribution in [1.29, 1.82) is 0 Å². The smallest absolute Gasteiger partial charge is 0.253 e. The van der Waals surface area contributed by atoms with Gasteiger partial charge in [0.1, 0.15) is 5.82 Å². The van der Waals surface area contributed by atoms with Crippen molar-refractivity contribution in [3.63, 3.8) is 0 Å². The fourth-order valence-corrected chi connectivity index (χ4v) is 2.84. The Morgan fingerprint density at radius 3 is 2.77 bits per heavy atom. The number of aliphatic hydroxyl groups excluding tert-OH is 1. The first-order valence-corrected chi connectivity index (χ1v) is 7.26. The van der Waals surface area contributed by atoms with E-state index in [0.29, 0.717) is 25.1 Å². The van der Waals surface area contributed by atoms with Gasteiger partial charge in [0.2, 0.25) is 0 Å². The van der Waals surface area contributed by atoms with E-state index in [4.69, 9.17) is 0 Å². The Morgan fingerprint density at radius 1 is 1.41 bits per heavy atom. The molecule has 1 aliphatic rings. The Bertz CT molecular complexity index is 668. The first-order valence-electron chi connectivity index (χ1n) is 7.26. The average molecular weight is 303 g/mol. The molecule has 1 aromatic heterocycles. The van der Waals surface area contributed by atoms with Gasteiger partial charge in [-0.05, 0) is 43.7 Å². The lowest BCUT2D eigenvalue weighted by Crippen LogP contribution is -2.29. The molecule has 0 bridgehead atoms. The summed E-state index contributed by atoms with van der Waals surface area (Å²) in [6.07, 6.45) is 0.0556. The standard InChI is InChI=1S/C16H18FN3O2/c1-10-6-14(19-18-10)7-12-8-20(9-15(12)21)16(22)11-2-4-13(17)5-3-11/h2-6,12,15,21H,7-9H2,1H3,(H,18,19). The summed E-state index contributed by atoms with van der Waals surface area (Å²) < 4.78 is 12.9. The Morgan fingerprint density at radius 2 is 2.14 bits per heavy atom. The first-order chi connectivity index (χ1) is 10.5. The highest BCUT2D eigenvalue weighted by Gasteiger charge is 2.34. The van der Waals surface area contributed by atoms with E-state index in [0.717, 1.165) is 11.4 Å². The van der Waals surface area contributed by atoms with Gasteiger partial charge in [-0.2, -0.15) is 5.10 Å². The maximum absolute atomic E-state index is 12.9. The summed E-state index contributed by atoms with van der Waals surface area (Å²) in [5.74, 6) is -0.586. The number of nitrogens with zero attached hydrogens (tertiary/aromatic N) is 2. The number of benzene rings is 1. The molecule has 2 unspecified atom stereocenters. The molecule has 3 rings (SSSR count). The first kappa shape index (κ1) is 14.7. The van der Waals surface area contributed by atoms with E-state index in [1.165, 1.54) is 24.3 Å². The molecule has 2 N–H and O–H groups in total. The van der Waals surface area contributed by atoms with Gasteiger partial charge in [0.25, 0.3) is 5.91 Å². The predicted molar refractivity (Wildman–Crippen MR) is 78.8 cm³/mol. The maximum atomic E-state index is 12.9. The number of β-amino-alcohol motifs (C(OH)–C–C–N with tert-alkyl or cyclic N) is 1. The third kappa shape index (κ3) is 3.01. The monoisotopic (exact) mass is 303 g/mol. The second-order valence-corrected chi connectivity index (χ2v) is 5.79. The van der Waals surface area contributed by atoms with Crippen molar-refractivity contribution < 1.29 is 14.3 Å². The summed E-state index contributed by atoms with van der Waals surface area (Å²) in [7, 11) is 0. The van der Waals surface area contributed by atoms with Crippen LogP contribution in [0.5, 0.6) is 0 Å². The molecule has 22 heavy (non-hydrogen) atoms. The molecule has 5 nitrogen and oxygen atoms in total. The molecule has 0 saturated carbocycles. The number of rotatable bonds is 3. The summed E-state index contributed by atoms with van der Waals surface area (Å²) in [6, 6.07) is 7.41. The second-order valence-electron chi connectivity index (χ2n) is 5.79. The minimum Gasteiger partial charge on any atom is -0.391 e.